The van der Waals surface area contributed by atoms with Gasteiger partial charge in [0.15, 0.2) is 0 Å². The average Bonchev–Trinajstić information content (AvgIpc) is 2.17. The molecule has 0 saturated heterocycles. The third-order valence-corrected chi connectivity index (χ3v) is 2.36. The van der Waals surface area contributed by atoms with Crippen LogP contribution in [-0.2, 0) is 4.79 Å². The van der Waals surface area contributed by atoms with Crippen LogP contribution in [0.15, 0.2) is 18.2 Å². The van der Waals surface area contributed by atoms with Crippen molar-refractivity contribution < 1.29 is 9.90 Å². The first kappa shape index (κ1) is 11.6. The van der Waals surface area contributed by atoms with Gasteiger partial charge >= 0.3 is 5.97 Å². The molecular formula is C10H5Cl2NO2. The van der Waals surface area contributed by atoms with Crippen molar-refractivity contribution in [2.75, 3.05) is 0 Å². The Bertz CT molecular complexity index is 475. The lowest BCUT2D eigenvalue weighted by Crippen LogP contribution is -1.88. The van der Waals surface area contributed by atoms with Crippen molar-refractivity contribution >= 4 is 35.2 Å². The molecule has 0 aliphatic heterocycles. The number of benzene rings is 1. The highest BCUT2D eigenvalue weighted by Gasteiger charge is 2.08. The van der Waals surface area contributed by atoms with E-state index in [1.165, 1.54) is 12.1 Å². The largest absolute Gasteiger partial charge is 0.478 e. The Labute approximate surface area is 96.2 Å². The summed E-state index contributed by atoms with van der Waals surface area (Å²) in [6.45, 7) is 0. The van der Waals surface area contributed by atoms with Crippen molar-refractivity contribution in [3.05, 3.63) is 39.4 Å². The Morgan fingerprint density at radius 2 is 2.13 bits per heavy atom. The SMILES string of the molecule is N#Cc1c(Cl)ccc(/C=C/C(=O)O)c1Cl. The number of nitriles is 1. The fraction of sp³-hybridized carbons (Fsp3) is 0. The van der Waals surface area contributed by atoms with Gasteiger partial charge in [-0.3, -0.25) is 0 Å². The molecule has 0 aromatic heterocycles. The van der Waals surface area contributed by atoms with E-state index >= 15 is 0 Å². The van der Waals surface area contributed by atoms with E-state index in [1.807, 2.05) is 6.07 Å². The molecule has 0 saturated carbocycles. The van der Waals surface area contributed by atoms with Crippen molar-refractivity contribution in [2.45, 2.75) is 0 Å². The second-order valence-corrected chi connectivity index (χ2v) is 3.39. The van der Waals surface area contributed by atoms with Crippen LogP contribution in [-0.4, -0.2) is 11.1 Å². The number of carboxylic acid groups (broad SMARTS) is 1. The van der Waals surface area contributed by atoms with E-state index in [1.54, 1.807) is 6.07 Å². The van der Waals surface area contributed by atoms with Crippen LogP contribution in [0.1, 0.15) is 11.1 Å². The van der Waals surface area contributed by atoms with Gasteiger partial charge in [0.25, 0.3) is 0 Å². The molecule has 3 nitrogen and oxygen atoms in total. The summed E-state index contributed by atoms with van der Waals surface area (Å²) in [6.07, 6.45) is 2.25. The molecule has 0 radical (unpaired) electrons. The molecule has 0 bridgehead atoms. The third-order valence-electron chi connectivity index (χ3n) is 1.64. The maximum absolute atomic E-state index is 10.3. The molecule has 0 aliphatic rings. The Kier molecular flexibility index (Phi) is 3.73. The highest BCUT2D eigenvalue weighted by atomic mass is 35.5. The number of carbonyl (C=O) groups is 1. The summed E-state index contributed by atoms with van der Waals surface area (Å²) in [4.78, 5) is 10.3. The normalized spacial score (nSPS) is 10.2. The van der Waals surface area contributed by atoms with Gasteiger partial charge in [0, 0.05) is 6.08 Å². The fourth-order valence-corrected chi connectivity index (χ4v) is 1.48. The standard InChI is InChI=1S/C10H5Cl2NO2/c11-8-3-1-6(2-4-9(14)15)10(12)7(8)5-13/h1-4H,(H,14,15)/b4-2+. The molecule has 1 aromatic carbocycles. The maximum atomic E-state index is 10.3. The maximum Gasteiger partial charge on any atom is 0.328 e. The first-order chi connectivity index (χ1) is 7.06. The summed E-state index contributed by atoms with van der Waals surface area (Å²) < 4.78 is 0. The van der Waals surface area contributed by atoms with Gasteiger partial charge in [-0.2, -0.15) is 5.26 Å². The number of halogens is 2. The zero-order valence-electron chi connectivity index (χ0n) is 7.37. The van der Waals surface area contributed by atoms with E-state index in [0.29, 0.717) is 5.56 Å². The Morgan fingerprint density at radius 3 is 2.67 bits per heavy atom. The zero-order valence-corrected chi connectivity index (χ0v) is 8.88. The van der Waals surface area contributed by atoms with E-state index in [2.05, 4.69) is 0 Å². The first-order valence-corrected chi connectivity index (χ1v) is 4.61. The van der Waals surface area contributed by atoms with Crippen LogP contribution in [0.3, 0.4) is 0 Å². The third kappa shape index (κ3) is 2.72. The molecular weight excluding hydrogens is 237 g/mol. The lowest BCUT2D eigenvalue weighted by atomic mass is 10.1. The summed E-state index contributed by atoms with van der Waals surface area (Å²) in [5, 5.41) is 17.6. The molecule has 15 heavy (non-hydrogen) atoms. The smallest absolute Gasteiger partial charge is 0.328 e. The molecule has 0 atom stereocenters. The molecule has 0 unspecified atom stereocenters. The summed E-state index contributed by atoms with van der Waals surface area (Å²) in [7, 11) is 0. The number of rotatable bonds is 2. The second-order valence-electron chi connectivity index (χ2n) is 2.61. The Balaban J connectivity index is 3.23. The lowest BCUT2D eigenvalue weighted by Gasteiger charge is -2.01. The molecule has 0 spiro atoms. The molecule has 0 amide bonds. The molecule has 1 aromatic rings. The predicted molar refractivity (Wildman–Crippen MR) is 57.8 cm³/mol. The molecule has 76 valence electrons. The highest BCUT2D eigenvalue weighted by molar-refractivity contribution is 6.37. The minimum Gasteiger partial charge on any atom is -0.478 e. The molecule has 5 heteroatoms. The number of nitrogens with zero attached hydrogens (tertiary/aromatic N) is 1. The summed E-state index contributed by atoms with van der Waals surface area (Å²) >= 11 is 11.6. The Hall–Kier alpha value is -1.50. The number of aliphatic carboxylic acids is 1. The van der Waals surface area contributed by atoms with Crippen molar-refractivity contribution in [3.8, 4) is 6.07 Å². The van der Waals surface area contributed by atoms with Crippen LogP contribution in [0.5, 0.6) is 0 Å². The summed E-state index contributed by atoms with van der Waals surface area (Å²) in [5.74, 6) is -1.08. The molecule has 0 heterocycles. The predicted octanol–water partition coefficient (Wildman–Crippen LogP) is 2.96. The van der Waals surface area contributed by atoms with Gasteiger partial charge in [-0.15, -0.1) is 0 Å². The van der Waals surface area contributed by atoms with Crippen LogP contribution in [0.4, 0.5) is 0 Å². The number of carboxylic acids is 1. The van der Waals surface area contributed by atoms with Crippen molar-refractivity contribution in [2.24, 2.45) is 0 Å². The van der Waals surface area contributed by atoms with Crippen molar-refractivity contribution in [1.82, 2.24) is 0 Å². The van der Waals surface area contributed by atoms with E-state index in [0.717, 1.165) is 6.08 Å². The van der Waals surface area contributed by atoms with Crippen LogP contribution >= 0.6 is 23.2 Å². The van der Waals surface area contributed by atoms with Crippen LogP contribution < -0.4 is 0 Å². The van der Waals surface area contributed by atoms with Gasteiger partial charge in [0.1, 0.15) is 6.07 Å². The molecule has 0 fully saturated rings. The number of hydrogen-bond donors (Lipinski definition) is 1. The van der Waals surface area contributed by atoms with Crippen LogP contribution in [0, 0.1) is 11.3 Å². The quantitative estimate of drug-likeness (QED) is 0.811. The van der Waals surface area contributed by atoms with Crippen LogP contribution in [0.2, 0.25) is 10.0 Å². The van der Waals surface area contributed by atoms with Gasteiger partial charge in [0.2, 0.25) is 0 Å². The van der Waals surface area contributed by atoms with Gasteiger partial charge in [0.05, 0.1) is 15.6 Å². The van der Waals surface area contributed by atoms with Gasteiger partial charge in [-0.1, -0.05) is 29.3 Å². The van der Waals surface area contributed by atoms with E-state index in [9.17, 15) is 4.79 Å². The minimum atomic E-state index is -1.08. The average molecular weight is 242 g/mol. The first-order valence-electron chi connectivity index (χ1n) is 3.85. The van der Waals surface area contributed by atoms with Gasteiger partial charge in [-0.25, -0.2) is 4.79 Å². The second kappa shape index (κ2) is 4.83. The Morgan fingerprint density at radius 1 is 1.47 bits per heavy atom. The zero-order chi connectivity index (χ0) is 11.4. The lowest BCUT2D eigenvalue weighted by molar-refractivity contribution is -0.131. The van der Waals surface area contributed by atoms with Crippen LogP contribution in [0.25, 0.3) is 6.08 Å². The monoisotopic (exact) mass is 241 g/mol. The van der Waals surface area contributed by atoms with Gasteiger partial charge in [-0.05, 0) is 17.7 Å². The molecule has 1 rings (SSSR count). The summed E-state index contributed by atoms with van der Waals surface area (Å²) in [6, 6.07) is 4.89. The van der Waals surface area contributed by atoms with E-state index in [-0.39, 0.29) is 15.6 Å². The van der Waals surface area contributed by atoms with Gasteiger partial charge < -0.3 is 5.11 Å². The highest BCUT2D eigenvalue weighted by Crippen LogP contribution is 2.28. The molecule has 1 N–H and O–H groups in total. The number of hydrogen-bond acceptors (Lipinski definition) is 2. The fourth-order valence-electron chi connectivity index (χ4n) is 0.961. The van der Waals surface area contributed by atoms with E-state index in [4.69, 9.17) is 33.6 Å². The van der Waals surface area contributed by atoms with Crippen molar-refractivity contribution in [3.63, 3.8) is 0 Å². The van der Waals surface area contributed by atoms with E-state index < -0.39 is 5.97 Å². The topological polar surface area (TPSA) is 61.1 Å². The molecule has 0 aliphatic carbocycles. The summed E-state index contributed by atoms with van der Waals surface area (Å²) in [5.41, 5.74) is 0.589. The minimum absolute atomic E-state index is 0.144. The van der Waals surface area contributed by atoms with Crippen molar-refractivity contribution in [1.29, 1.82) is 5.26 Å².